The molecule has 3 heteroatoms. The van der Waals surface area contributed by atoms with Gasteiger partial charge in [-0.15, -0.1) is 0 Å². The highest BCUT2D eigenvalue weighted by atomic mass is 16.5. The lowest BCUT2D eigenvalue weighted by Gasteiger charge is -2.50. The standard InChI is InChI=1S/C18H32O3/c1-14(2)16-13-18(19,9-11-20-16)15-6-10-21-17(12-15)7-4-3-5-8-17/h14-16,19H,3-13H2,1-2H3. The van der Waals surface area contributed by atoms with Crippen molar-refractivity contribution in [2.75, 3.05) is 13.2 Å². The van der Waals surface area contributed by atoms with Crippen molar-refractivity contribution >= 4 is 0 Å². The Kier molecular flexibility index (Phi) is 4.63. The van der Waals surface area contributed by atoms with Gasteiger partial charge in [-0.25, -0.2) is 0 Å². The van der Waals surface area contributed by atoms with Crippen LogP contribution in [-0.4, -0.2) is 35.6 Å². The molecule has 3 rings (SSSR count). The molecule has 1 saturated carbocycles. The summed E-state index contributed by atoms with van der Waals surface area (Å²) in [6.07, 6.45) is 10.2. The van der Waals surface area contributed by atoms with E-state index in [4.69, 9.17) is 9.47 Å². The van der Waals surface area contributed by atoms with Gasteiger partial charge >= 0.3 is 0 Å². The second-order valence-corrected chi connectivity index (χ2v) is 7.99. The fourth-order valence-electron chi connectivity index (χ4n) is 4.73. The van der Waals surface area contributed by atoms with Crippen molar-refractivity contribution in [2.24, 2.45) is 11.8 Å². The van der Waals surface area contributed by atoms with Crippen LogP contribution >= 0.6 is 0 Å². The van der Waals surface area contributed by atoms with Crippen LogP contribution in [0.4, 0.5) is 0 Å². The van der Waals surface area contributed by atoms with E-state index in [1.54, 1.807) is 0 Å². The Balaban J connectivity index is 1.69. The summed E-state index contributed by atoms with van der Waals surface area (Å²) in [6, 6.07) is 0. The van der Waals surface area contributed by atoms with Gasteiger partial charge in [-0.3, -0.25) is 0 Å². The number of rotatable bonds is 2. The topological polar surface area (TPSA) is 38.7 Å². The van der Waals surface area contributed by atoms with E-state index in [-0.39, 0.29) is 11.7 Å². The van der Waals surface area contributed by atoms with Crippen LogP contribution < -0.4 is 0 Å². The maximum Gasteiger partial charge on any atom is 0.0724 e. The zero-order valence-corrected chi connectivity index (χ0v) is 13.8. The Hall–Kier alpha value is -0.120. The van der Waals surface area contributed by atoms with Crippen LogP contribution in [0.15, 0.2) is 0 Å². The summed E-state index contributed by atoms with van der Waals surface area (Å²) in [5.74, 6) is 0.884. The van der Waals surface area contributed by atoms with Gasteiger partial charge in [-0.1, -0.05) is 33.1 Å². The van der Waals surface area contributed by atoms with Gasteiger partial charge in [0, 0.05) is 19.6 Å². The molecule has 0 amide bonds. The van der Waals surface area contributed by atoms with Crippen molar-refractivity contribution in [1.82, 2.24) is 0 Å². The lowest BCUT2D eigenvalue weighted by Crippen LogP contribution is -2.53. The third kappa shape index (κ3) is 3.30. The summed E-state index contributed by atoms with van der Waals surface area (Å²) in [5.41, 5.74) is -0.441. The fraction of sp³-hybridized carbons (Fsp3) is 1.00. The van der Waals surface area contributed by atoms with E-state index in [1.165, 1.54) is 32.1 Å². The van der Waals surface area contributed by atoms with Crippen molar-refractivity contribution in [3.05, 3.63) is 0 Å². The van der Waals surface area contributed by atoms with Gasteiger partial charge in [-0.05, 0) is 43.9 Å². The van der Waals surface area contributed by atoms with Crippen LogP contribution in [0.1, 0.15) is 71.6 Å². The first kappa shape index (κ1) is 15.8. The molecule has 2 aliphatic heterocycles. The van der Waals surface area contributed by atoms with Gasteiger partial charge in [-0.2, -0.15) is 0 Å². The quantitative estimate of drug-likeness (QED) is 0.845. The first-order valence-electron chi connectivity index (χ1n) is 9.01. The van der Waals surface area contributed by atoms with Gasteiger partial charge in [0.1, 0.15) is 0 Å². The molecule has 0 bridgehead atoms. The molecule has 0 aromatic rings. The molecule has 122 valence electrons. The first-order chi connectivity index (χ1) is 10.0. The number of hydrogen-bond donors (Lipinski definition) is 1. The number of aliphatic hydroxyl groups is 1. The van der Waals surface area contributed by atoms with Crippen LogP contribution in [-0.2, 0) is 9.47 Å². The molecule has 21 heavy (non-hydrogen) atoms. The van der Waals surface area contributed by atoms with Crippen LogP contribution in [0.3, 0.4) is 0 Å². The van der Waals surface area contributed by atoms with E-state index in [1.807, 2.05) is 0 Å². The average molecular weight is 296 g/mol. The highest BCUT2D eigenvalue weighted by molar-refractivity contribution is 4.99. The molecule has 1 spiro atoms. The lowest BCUT2D eigenvalue weighted by atomic mass is 9.67. The zero-order chi connectivity index (χ0) is 14.9. The van der Waals surface area contributed by atoms with Crippen molar-refractivity contribution in [3.63, 3.8) is 0 Å². The van der Waals surface area contributed by atoms with Gasteiger partial charge < -0.3 is 14.6 Å². The summed E-state index contributed by atoms with van der Waals surface area (Å²) in [7, 11) is 0. The first-order valence-corrected chi connectivity index (χ1v) is 9.01. The Morgan fingerprint density at radius 1 is 1.00 bits per heavy atom. The SMILES string of the molecule is CC(C)C1CC(O)(C2CCOC3(CCCCC3)C2)CCO1. The second-order valence-electron chi connectivity index (χ2n) is 7.99. The number of hydrogen-bond acceptors (Lipinski definition) is 3. The van der Waals surface area contributed by atoms with Gasteiger partial charge in [0.05, 0.1) is 17.3 Å². The van der Waals surface area contributed by atoms with E-state index in [0.717, 1.165) is 32.3 Å². The highest BCUT2D eigenvalue weighted by Crippen LogP contribution is 2.47. The Morgan fingerprint density at radius 3 is 2.48 bits per heavy atom. The molecule has 0 aromatic carbocycles. The van der Waals surface area contributed by atoms with Gasteiger partial charge in [0.2, 0.25) is 0 Å². The van der Waals surface area contributed by atoms with Crippen LogP contribution in [0.25, 0.3) is 0 Å². The minimum absolute atomic E-state index is 0.0858. The fourth-order valence-corrected chi connectivity index (χ4v) is 4.73. The third-order valence-electron chi connectivity index (χ3n) is 6.18. The molecular formula is C18H32O3. The lowest BCUT2D eigenvalue weighted by molar-refractivity contribution is -0.191. The smallest absolute Gasteiger partial charge is 0.0724 e. The van der Waals surface area contributed by atoms with E-state index in [0.29, 0.717) is 18.4 Å². The maximum atomic E-state index is 11.3. The zero-order valence-electron chi connectivity index (χ0n) is 13.8. The summed E-state index contributed by atoms with van der Waals surface area (Å²) in [5, 5.41) is 11.3. The third-order valence-corrected chi connectivity index (χ3v) is 6.18. The predicted octanol–water partition coefficient (Wildman–Crippen LogP) is 3.68. The Bertz CT molecular complexity index is 343. The maximum absolute atomic E-state index is 11.3. The van der Waals surface area contributed by atoms with Crippen LogP contribution in [0.5, 0.6) is 0 Å². The molecular weight excluding hydrogens is 264 g/mol. The Morgan fingerprint density at radius 2 is 1.76 bits per heavy atom. The van der Waals surface area contributed by atoms with Crippen molar-refractivity contribution in [3.8, 4) is 0 Å². The molecule has 0 aromatic heterocycles. The molecule has 1 aliphatic carbocycles. The summed E-state index contributed by atoms with van der Waals surface area (Å²) < 4.78 is 12.1. The summed E-state index contributed by atoms with van der Waals surface area (Å²) in [4.78, 5) is 0. The molecule has 3 fully saturated rings. The summed E-state index contributed by atoms with van der Waals surface area (Å²) >= 11 is 0. The minimum Gasteiger partial charge on any atom is -0.389 e. The number of ether oxygens (including phenoxy) is 2. The minimum atomic E-state index is -0.526. The molecule has 2 saturated heterocycles. The molecule has 0 radical (unpaired) electrons. The van der Waals surface area contributed by atoms with Crippen molar-refractivity contribution in [1.29, 1.82) is 0 Å². The van der Waals surface area contributed by atoms with E-state index in [9.17, 15) is 5.11 Å². The monoisotopic (exact) mass is 296 g/mol. The molecule has 3 atom stereocenters. The van der Waals surface area contributed by atoms with E-state index < -0.39 is 5.60 Å². The van der Waals surface area contributed by atoms with Gasteiger partial charge in [0.15, 0.2) is 0 Å². The summed E-state index contributed by atoms with van der Waals surface area (Å²) in [6.45, 7) is 5.94. The van der Waals surface area contributed by atoms with Crippen molar-refractivity contribution in [2.45, 2.75) is 88.9 Å². The van der Waals surface area contributed by atoms with Crippen LogP contribution in [0, 0.1) is 11.8 Å². The predicted molar refractivity (Wildman–Crippen MR) is 83.3 cm³/mol. The molecule has 3 aliphatic rings. The molecule has 1 N–H and O–H groups in total. The molecule has 3 nitrogen and oxygen atoms in total. The normalized spacial score (nSPS) is 40.6. The highest BCUT2D eigenvalue weighted by Gasteiger charge is 2.48. The largest absolute Gasteiger partial charge is 0.389 e. The molecule has 2 heterocycles. The second kappa shape index (κ2) is 6.17. The van der Waals surface area contributed by atoms with Crippen LogP contribution in [0.2, 0.25) is 0 Å². The van der Waals surface area contributed by atoms with E-state index in [2.05, 4.69) is 13.8 Å². The van der Waals surface area contributed by atoms with E-state index >= 15 is 0 Å². The van der Waals surface area contributed by atoms with Gasteiger partial charge in [0.25, 0.3) is 0 Å². The van der Waals surface area contributed by atoms with Crippen molar-refractivity contribution < 1.29 is 14.6 Å². The Labute approximate surface area is 129 Å². The average Bonchev–Trinajstić information content (AvgIpc) is 2.48. The molecule has 3 unspecified atom stereocenters.